The quantitative estimate of drug-likeness (QED) is 0.374. The molecule has 66 valence electrons. The molecule has 3 nitrogen and oxygen atoms in total. The van der Waals surface area contributed by atoms with Gasteiger partial charge >= 0.3 is 0 Å². The highest BCUT2D eigenvalue weighted by Gasteiger charge is 2.03. The van der Waals surface area contributed by atoms with E-state index in [9.17, 15) is 4.79 Å². The third-order valence-electron chi connectivity index (χ3n) is 1.52. The van der Waals surface area contributed by atoms with Gasteiger partial charge < -0.3 is 0 Å². The van der Waals surface area contributed by atoms with Gasteiger partial charge in [-0.2, -0.15) is 0 Å². The number of hydrazine groups is 1. The zero-order chi connectivity index (χ0) is 8.27. The van der Waals surface area contributed by atoms with Crippen molar-refractivity contribution in [2.75, 3.05) is 0 Å². The van der Waals surface area contributed by atoms with E-state index >= 15 is 0 Å². The maximum absolute atomic E-state index is 11.0. The Morgan fingerprint density at radius 3 is 2.50 bits per heavy atom. The van der Waals surface area contributed by atoms with Crippen LogP contribution in [0, 0.1) is 6.92 Å². The Hall–Kier alpha value is -1.35. The van der Waals surface area contributed by atoms with Crippen molar-refractivity contribution in [3.8, 4) is 0 Å². The number of nitrogen functional groups attached to an aromatic ring is 1. The molecule has 0 heterocycles. The maximum Gasteiger partial charge on any atom is 0.265 e. The number of nitrogens with one attached hydrogen (secondary N) is 1. The Kier molecular flexibility index (Phi) is 4.00. The molecule has 0 saturated carbocycles. The number of amides is 1. The lowest BCUT2D eigenvalue weighted by Gasteiger charge is -2.01. The minimum Gasteiger partial charge on any atom is -0.290 e. The molecule has 0 aromatic heterocycles. The Balaban J connectivity index is 0.00000121. The van der Waals surface area contributed by atoms with E-state index in [1.165, 1.54) is 0 Å². The van der Waals surface area contributed by atoms with Gasteiger partial charge in [0.25, 0.3) is 5.91 Å². The fraction of sp³-hybridized carbons (Fsp3) is 0.222. The number of benzene rings is 1. The first kappa shape index (κ1) is 10.7. The van der Waals surface area contributed by atoms with Gasteiger partial charge in [0, 0.05) is 5.56 Å². The molecule has 1 amide bonds. The molecule has 0 radical (unpaired) electrons. The molecule has 1 rings (SSSR count). The highest BCUT2D eigenvalue weighted by molar-refractivity contribution is 5.95. The fourth-order valence-corrected chi connectivity index (χ4v) is 0.905. The van der Waals surface area contributed by atoms with Crippen LogP contribution in [0.5, 0.6) is 0 Å². The predicted molar refractivity (Wildman–Crippen MR) is 49.6 cm³/mol. The third-order valence-corrected chi connectivity index (χ3v) is 1.52. The van der Waals surface area contributed by atoms with Gasteiger partial charge in [-0.15, -0.1) is 0 Å². The van der Waals surface area contributed by atoms with Crippen LogP contribution in [0.1, 0.15) is 23.3 Å². The number of nitrogens with two attached hydrogens (primary N) is 1. The summed E-state index contributed by atoms with van der Waals surface area (Å²) in [5.41, 5.74) is 3.63. The number of hydrogen-bond donors (Lipinski definition) is 2. The van der Waals surface area contributed by atoms with Gasteiger partial charge in [-0.05, 0) is 18.6 Å². The Morgan fingerprint density at radius 2 is 2.00 bits per heavy atom. The van der Waals surface area contributed by atoms with Crippen LogP contribution in [-0.4, -0.2) is 5.91 Å². The fourth-order valence-electron chi connectivity index (χ4n) is 0.905. The Morgan fingerprint density at radius 1 is 1.42 bits per heavy atom. The molecule has 1 aromatic rings. The van der Waals surface area contributed by atoms with Crippen molar-refractivity contribution in [3.63, 3.8) is 0 Å². The summed E-state index contributed by atoms with van der Waals surface area (Å²) in [4.78, 5) is 11.0. The molecular weight excluding hydrogens is 152 g/mol. The summed E-state index contributed by atoms with van der Waals surface area (Å²) < 4.78 is 0. The lowest BCUT2D eigenvalue weighted by molar-refractivity contribution is 0.0953. The standard InChI is InChI=1S/C8H10N2O.CH4/c1-6-4-2-3-5-7(6)8(11)10-9;/h2-5H,9H2,1H3,(H,10,11);1H4. The zero-order valence-corrected chi connectivity index (χ0v) is 6.29. The van der Waals surface area contributed by atoms with E-state index in [0.29, 0.717) is 5.56 Å². The van der Waals surface area contributed by atoms with Crippen molar-refractivity contribution in [1.82, 2.24) is 5.43 Å². The zero-order valence-electron chi connectivity index (χ0n) is 6.29. The summed E-state index contributed by atoms with van der Waals surface area (Å²) in [6.07, 6.45) is 0. The van der Waals surface area contributed by atoms with Crippen LogP contribution in [0.3, 0.4) is 0 Å². The highest BCUT2D eigenvalue weighted by atomic mass is 16.2. The second kappa shape index (κ2) is 4.51. The first-order valence-electron chi connectivity index (χ1n) is 3.32. The molecule has 1 aromatic carbocycles. The molecule has 0 saturated heterocycles. The predicted octanol–water partition coefficient (Wildman–Crippen LogP) is 1.23. The first-order valence-corrected chi connectivity index (χ1v) is 3.32. The van der Waals surface area contributed by atoms with E-state index in [1.54, 1.807) is 12.1 Å². The molecular formula is C9H14N2O. The monoisotopic (exact) mass is 166 g/mol. The first-order chi connectivity index (χ1) is 5.25. The van der Waals surface area contributed by atoms with E-state index in [0.717, 1.165) is 5.56 Å². The molecule has 0 unspecified atom stereocenters. The molecule has 0 aliphatic carbocycles. The van der Waals surface area contributed by atoms with Crippen molar-refractivity contribution in [3.05, 3.63) is 35.4 Å². The number of hydrogen-bond acceptors (Lipinski definition) is 2. The molecule has 0 atom stereocenters. The number of aryl methyl sites for hydroxylation is 1. The minimum atomic E-state index is -0.247. The molecule has 3 heteroatoms. The Labute approximate surface area is 72.6 Å². The van der Waals surface area contributed by atoms with Gasteiger partial charge in [0.1, 0.15) is 0 Å². The second-order valence-corrected chi connectivity index (χ2v) is 2.29. The minimum absolute atomic E-state index is 0. The third kappa shape index (κ3) is 2.07. The second-order valence-electron chi connectivity index (χ2n) is 2.29. The largest absolute Gasteiger partial charge is 0.290 e. The van der Waals surface area contributed by atoms with Crippen molar-refractivity contribution in [1.29, 1.82) is 0 Å². The topological polar surface area (TPSA) is 55.1 Å². The van der Waals surface area contributed by atoms with E-state index in [2.05, 4.69) is 5.43 Å². The van der Waals surface area contributed by atoms with E-state index in [-0.39, 0.29) is 13.3 Å². The average molecular weight is 166 g/mol. The van der Waals surface area contributed by atoms with Crippen molar-refractivity contribution in [2.45, 2.75) is 14.4 Å². The van der Waals surface area contributed by atoms with Crippen LogP contribution in [0.25, 0.3) is 0 Å². The van der Waals surface area contributed by atoms with E-state index in [1.807, 2.05) is 19.1 Å². The summed E-state index contributed by atoms with van der Waals surface area (Å²) >= 11 is 0. The van der Waals surface area contributed by atoms with Crippen LogP contribution in [0.15, 0.2) is 24.3 Å². The van der Waals surface area contributed by atoms with Gasteiger partial charge in [0.15, 0.2) is 0 Å². The average Bonchev–Trinajstić information content (AvgIpc) is 2.04. The van der Waals surface area contributed by atoms with Crippen molar-refractivity contribution < 1.29 is 4.79 Å². The summed E-state index contributed by atoms with van der Waals surface area (Å²) in [6.45, 7) is 1.87. The van der Waals surface area contributed by atoms with Crippen molar-refractivity contribution >= 4 is 5.91 Å². The van der Waals surface area contributed by atoms with Gasteiger partial charge in [-0.3, -0.25) is 10.2 Å². The lowest BCUT2D eigenvalue weighted by atomic mass is 10.1. The SMILES string of the molecule is C.Cc1ccccc1C(=O)NN. The van der Waals surface area contributed by atoms with Gasteiger partial charge in [0.05, 0.1) is 0 Å². The summed E-state index contributed by atoms with van der Waals surface area (Å²) in [6, 6.07) is 7.28. The maximum atomic E-state index is 11.0. The highest BCUT2D eigenvalue weighted by Crippen LogP contribution is 2.05. The smallest absolute Gasteiger partial charge is 0.265 e. The van der Waals surface area contributed by atoms with Crippen molar-refractivity contribution in [2.24, 2.45) is 5.84 Å². The summed E-state index contributed by atoms with van der Waals surface area (Å²) in [7, 11) is 0. The van der Waals surface area contributed by atoms with E-state index < -0.39 is 0 Å². The molecule has 0 aliphatic heterocycles. The molecule has 3 N–H and O–H groups in total. The van der Waals surface area contributed by atoms with E-state index in [4.69, 9.17) is 5.84 Å². The van der Waals surface area contributed by atoms with Gasteiger partial charge in [0.2, 0.25) is 0 Å². The van der Waals surface area contributed by atoms with Crippen LogP contribution in [-0.2, 0) is 0 Å². The molecule has 12 heavy (non-hydrogen) atoms. The van der Waals surface area contributed by atoms with Gasteiger partial charge in [-0.25, -0.2) is 5.84 Å². The van der Waals surface area contributed by atoms with Crippen LogP contribution in [0.2, 0.25) is 0 Å². The number of rotatable bonds is 1. The van der Waals surface area contributed by atoms with Crippen LogP contribution < -0.4 is 11.3 Å². The molecule has 0 fully saturated rings. The Bertz CT molecular complexity index is 271. The molecule has 0 spiro atoms. The van der Waals surface area contributed by atoms with Gasteiger partial charge in [-0.1, -0.05) is 25.6 Å². The number of carbonyl (C=O) groups excluding carboxylic acids is 1. The summed E-state index contributed by atoms with van der Waals surface area (Å²) in [5.74, 6) is 4.73. The van der Waals surface area contributed by atoms with Crippen LogP contribution >= 0.6 is 0 Å². The van der Waals surface area contributed by atoms with Crippen LogP contribution in [0.4, 0.5) is 0 Å². The normalized spacial score (nSPS) is 8.50. The lowest BCUT2D eigenvalue weighted by Crippen LogP contribution is -2.30. The summed E-state index contributed by atoms with van der Waals surface area (Å²) in [5, 5.41) is 0. The molecule has 0 bridgehead atoms. The molecule has 0 aliphatic rings. The number of carbonyl (C=O) groups is 1.